The van der Waals surface area contributed by atoms with Crippen LogP contribution in [0.4, 0.5) is 5.82 Å². The van der Waals surface area contributed by atoms with Crippen LogP contribution in [0.1, 0.15) is 37.1 Å². The molecule has 0 radical (unpaired) electrons. The summed E-state index contributed by atoms with van der Waals surface area (Å²) >= 11 is 0. The number of rotatable bonds is 3. The number of nitrogens with two attached hydrogens (primary N) is 1. The minimum atomic E-state index is -0.0433. The predicted octanol–water partition coefficient (Wildman–Crippen LogP) is 1.76. The Kier molecular flexibility index (Phi) is 2.92. The number of nitrogens with one attached hydrogen (secondary N) is 1. The molecule has 0 aromatic carbocycles. The van der Waals surface area contributed by atoms with Crippen molar-refractivity contribution in [3.8, 4) is 0 Å². The number of anilines is 1. The number of amides is 1. The average Bonchev–Trinajstić information content (AvgIpc) is 2.99. The number of nitrogens with zero attached hydrogens (tertiary/aromatic N) is 1. The fourth-order valence-corrected chi connectivity index (χ4v) is 1.60. The topological polar surface area (TPSA) is 68.0 Å². The molecule has 0 aliphatic heterocycles. The van der Waals surface area contributed by atoms with E-state index in [1.807, 2.05) is 26.0 Å². The molecular weight excluding hydrogens is 202 g/mol. The summed E-state index contributed by atoms with van der Waals surface area (Å²) in [7, 11) is 0. The standard InChI is InChI=1S/C12H17N3O/c1-7-5-10(8(2)13)6-11(14-7)15-12(16)9-3-4-9/h5-6,8-9H,3-4,13H2,1-2H3,(H,14,15,16). The zero-order valence-corrected chi connectivity index (χ0v) is 9.66. The largest absolute Gasteiger partial charge is 0.324 e. The van der Waals surface area contributed by atoms with E-state index in [9.17, 15) is 4.79 Å². The molecule has 86 valence electrons. The number of aromatic nitrogens is 1. The lowest BCUT2D eigenvalue weighted by Gasteiger charge is -2.10. The van der Waals surface area contributed by atoms with E-state index in [1.165, 1.54) is 0 Å². The molecule has 1 fully saturated rings. The van der Waals surface area contributed by atoms with Crippen LogP contribution >= 0.6 is 0 Å². The monoisotopic (exact) mass is 219 g/mol. The van der Waals surface area contributed by atoms with Crippen LogP contribution < -0.4 is 11.1 Å². The molecule has 0 spiro atoms. The molecule has 2 rings (SSSR count). The molecule has 3 N–H and O–H groups in total. The third kappa shape index (κ3) is 2.58. The van der Waals surface area contributed by atoms with Crippen molar-refractivity contribution in [2.75, 3.05) is 5.32 Å². The highest BCUT2D eigenvalue weighted by atomic mass is 16.2. The zero-order chi connectivity index (χ0) is 11.7. The maximum atomic E-state index is 11.6. The van der Waals surface area contributed by atoms with Gasteiger partial charge in [-0.25, -0.2) is 4.98 Å². The first-order valence-electron chi connectivity index (χ1n) is 5.61. The fraction of sp³-hybridized carbons (Fsp3) is 0.500. The van der Waals surface area contributed by atoms with Crippen molar-refractivity contribution in [2.45, 2.75) is 32.7 Å². The van der Waals surface area contributed by atoms with Crippen molar-refractivity contribution in [1.29, 1.82) is 0 Å². The zero-order valence-electron chi connectivity index (χ0n) is 9.66. The summed E-state index contributed by atoms with van der Waals surface area (Å²) in [4.78, 5) is 15.9. The maximum Gasteiger partial charge on any atom is 0.228 e. The third-order valence-electron chi connectivity index (χ3n) is 2.70. The molecular formula is C12H17N3O. The van der Waals surface area contributed by atoms with E-state index in [4.69, 9.17) is 5.73 Å². The van der Waals surface area contributed by atoms with Gasteiger partial charge in [0.15, 0.2) is 0 Å². The number of hydrogen-bond acceptors (Lipinski definition) is 3. The fourth-order valence-electron chi connectivity index (χ4n) is 1.60. The van der Waals surface area contributed by atoms with Gasteiger partial charge >= 0.3 is 0 Å². The van der Waals surface area contributed by atoms with E-state index in [-0.39, 0.29) is 17.9 Å². The Hall–Kier alpha value is -1.42. The van der Waals surface area contributed by atoms with E-state index in [2.05, 4.69) is 10.3 Å². The van der Waals surface area contributed by atoms with Crippen LogP contribution in [0.2, 0.25) is 0 Å². The van der Waals surface area contributed by atoms with Gasteiger partial charge in [-0.3, -0.25) is 4.79 Å². The van der Waals surface area contributed by atoms with Crippen LogP contribution in [-0.4, -0.2) is 10.9 Å². The van der Waals surface area contributed by atoms with Crippen LogP contribution in [0.15, 0.2) is 12.1 Å². The Bertz CT molecular complexity index is 411. The molecule has 1 aromatic rings. The lowest BCUT2D eigenvalue weighted by molar-refractivity contribution is -0.117. The van der Waals surface area contributed by atoms with Gasteiger partial charge in [-0.05, 0) is 44.4 Å². The van der Waals surface area contributed by atoms with Gasteiger partial charge in [-0.1, -0.05) is 0 Å². The molecule has 1 aromatic heterocycles. The first-order valence-corrected chi connectivity index (χ1v) is 5.61. The highest BCUT2D eigenvalue weighted by molar-refractivity contribution is 5.93. The Morgan fingerprint density at radius 1 is 1.56 bits per heavy atom. The summed E-state index contributed by atoms with van der Waals surface area (Å²) < 4.78 is 0. The summed E-state index contributed by atoms with van der Waals surface area (Å²) in [6, 6.07) is 3.74. The summed E-state index contributed by atoms with van der Waals surface area (Å²) in [5.41, 5.74) is 7.69. The van der Waals surface area contributed by atoms with Gasteiger partial charge in [-0.2, -0.15) is 0 Å². The van der Waals surface area contributed by atoms with Crippen LogP contribution in [0.3, 0.4) is 0 Å². The first kappa shape index (κ1) is 11.1. The highest BCUT2D eigenvalue weighted by Crippen LogP contribution is 2.30. The smallest absolute Gasteiger partial charge is 0.228 e. The molecule has 1 aliphatic carbocycles. The maximum absolute atomic E-state index is 11.6. The van der Waals surface area contributed by atoms with Gasteiger partial charge in [0.2, 0.25) is 5.91 Å². The highest BCUT2D eigenvalue weighted by Gasteiger charge is 2.29. The van der Waals surface area contributed by atoms with Gasteiger partial charge in [0.1, 0.15) is 5.82 Å². The number of carbonyl (C=O) groups excluding carboxylic acids is 1. The molecule has 1 aliphatic rings. The van der Waals surface area contributed by atoms with Gasteiger partial charge in [0, 0.05) is 17.7 Å². The quantitative estimate of drug-likeness (QED) is 0.814. The van der Waals surface area contributed by atoms with Crippen molar-refractivity contribution < 1.29 is 4.79 Å². The summed E-state index contributed by atoms with van der Waals surface area (Å²) in [6.45, 7) is 3.82. The van der Waals surface area contributed by atoms with E-state index >= 15 is 0 Å². The van der Waals surface area contributed by atoms with Crippen LogP contribution in [0, 0.1) is 12.8 Å². The number of aryl methyl sites for hydroxylation is 1. The Morgan fingerprint density at radius 2 is 2.25 bits per heavy atom. The second kappa shape index (κ2) is 4.22. The summed E-state index contributed by atoms with van der Waals surface area (Å²) in [5.74, 6) is 0.888. The van der Waals surface area contributed by atoms with Crippen molar-refractivity contribution in [3.05, 3.63) is 23.4 Å². The molecule has 1 unspecified atom stereocenters. The van der Waals surface area contributed by atoms with E-state index < -0.39 is 0 Å². The molecule has 1 heterocycles. The molecule has 1 atom stereocenters. The molecule has 1 saturated carbocycles. The second-order valence-corrected chi connectivity index (χ2v) is 4.48. The Labute approximate surface area is 95.3 Å². The van der Waals surface area contributed by atoms with Crippen molar-refractivity contribution in [3.63, 3.8) is 0 Å². The normalized spacial score (nSPS) is 16.9. The first-order chi connectivity index (χ1) is 7.56. The Morgan fingerprint density at radius 3 is 2.81 bits per heavy atom. The van der Waals surface area contributed by atoms with Crippen molar-refractivity contribution >= 4 is 11.7 Å². The number of hydrogen-bond donors (Lipinski definition) is 2. The van der Waals surface area contributed by atoms with E-state index in [0.29, 0.717) is 5.82 Å². The second-order valence-electron chi connectivity index (χ2n) is 4.48. The lowest BCUT2D eigenvalue weighted by Crippen LogP contribution is -2.15. The SMILES string of the molecule is Cc1cc(C(C)N)cc(NC(=O)C2CC2)n1. The van der Waals surface area contributed by atoms with Crippen LogP contribution in [-0.2, 0) is 4.79 Å². The summed E-state index contributed by atoms with van der Waals surface area (Å²) in [6.07, 6.45) is 2.00. The van der Waals surface area contributed by atoms with Gasteiger partial charge in [0.25, 0.3) is 0 Å². The van der Waals surface area contributed by atoms with Gasteiger partial charge < -0.3 is 11.1 Å². The van der Waals surface area contributed by atoms with Gasteiger partial charge in [0.05, 0.1) is 0 Å². The number of pyridine rings is 1. The summed E-state index contributed by atoms with van der Waals surface area (Å²) in [5, 5.41) is 2.83. The van der Waals surface area contributed by atoms with Crippen LogP contribution in [0.5, 0.6) is 0 Å². The molecule has 16 heavy (non-hydrogen) atoms. The predicted molar refractivity (Wildman–Crippen MR) is 62.9 cm³/mol. The molecule has 0 bridgehead atoms. The Balaban J connectivity index is 2.16. The minimum absolute atomic E-state index is 0.0433. The molecule has 1 amide bonds. The average molecular weight is 219 g/mol. The number of carbonyl (C=O) groups is 1. The lowest BCUT2D eigenvalue weighted by atomic mass is 10.1. The van der Waals surface area contributed by atoms with Crippen LogP contribution in [0.25, 0.3) is 0 Å². The minimum Gasteiger partial charge on any atom is -0.324 e. The molecule has 0 saturated heterocycles. The molecule has 4 heteroatoms. The van der Waals surface area contributed by atoms with E-state index in [0.717, 1.165) is 24.1 Å². The van der Waals surface area contributed by atoms with Gasteiger partial charge in [-0.15, -0.1) is 0 Å². The van der Waals surface area contributed by atoms with Crippen molar-refractivity contribution in [2.24, 2.45) is 11.7 Å². The van der Waals surface area contributed by atoms with E-state index in [1.54, 1.807) is 0 Å². The van der Waals surface area contributed by atoms with Crippen molar-refractivity contribution in [1.82, 2.24) is 4.98 Å². The molecule has 4 nitrogen and oxygen atoms in total. The third-order valence-corrected chi connectivity index (χ3v) is 2.70.